The highest BCUT2D eigenvalue weighted by Crippen LogP contribution is 2.57. The maximum absolute atomic E-state index is 14.7. The van der Waals surface area contributed by atoms with Crippen molar-refractivity contribution in [1.82, 2.24) is 9.88 Å². The number of methoxy groups -OCH3 is 1. The molecule has 2 amide bonds. The first kappa shape index (κ1) is 28.4. The van der Waals surface area contributed by atoms with Gasteiger partial charge in [-0.1, -0.05) is 43.7 Å². The summed E-state index contributed by atoms with van der Waals surface area (Å²) in [6.45, 7) is 3.98. The summed E-state index contributed by atoms with van der Waals surface area (Å²) >= 11 is 12.9. The Labute approximate surface area is 253 Å². The van der Waals surface area contributed by atoms with Crippen molar-refractivity contribution in [3.63, 3.8) is 0 Å². The highest BCUT2D eigenvalue weighted by atomic mass is 35.5. The van der Waals surface area contributed by atoms with E-state index in [0.29, 0.717) is 40.3 Å². The molecule has 42 heavy (non-hydrogen) atoms. The van der Waals surface area contributed by atoms with E-state index in [-0.39, 0.29) is 27.7 Å². The number of nitrogens with zero attached hydrogens (tertiary/aromatic N) is 2. The molecule has 3 aromatic rings. The monoisotopic (exact) mass is 626 g/mol. The van der Waals surface area contributed by atoms with Gasteiger partial charge in [-0.05, 0) is 48.7 Å². The van der Waals surface area contributed by atoms with Gasteiger partial charge in [-0.2, -0.15) is 0 Å². The van der Waals surface area contributed by atoms with Crippen LogP contribution in [0.1, 0.15) is 47.8 Å². The molecule has 0 radical (unpaired) electrons. The fourth-order valence-electron chi connectivity index (χ4n) is 6.25. The highest BCUT2D eigenvalue weighted by Gasteiger charge is 2.65. The minimum atomic E-state index is -3.76. The van der Waals surface area contributed by atoms with Crippen LogP contribution < -0.4 is 19.7 Å². The average molecular weight is 628 g/mol. The van der Waals surface area contributed by atoms with E-state index in [1.165, 1.54) is 23.1 Å². The van der Waals surface area contributed by atoms with Crippen LogP contribution in [0.3, 0.4) is 0 Å². The number of sulfonamides is 1. The van der Waals surface area contributed by atoms with E-state index in [9.17, 15) is 18.0 Å². The maximum Gasteiger partial charge on any atom is 0.261 e. The molecular formula is C30H28Cl2N4O5S. The number of aromatic nitrogens is 1. The third-order valence-corrected chi connectivity index (χ3v) is 8.84. The summed E-state index contributed by atoms with van der Waals surface area (Å²) in [6.07, 6.45) is 6.82. The number of nitrogens with one attached hydrogen (secondary N) is 2. The number of rotatable bonds is 6. The lowest BCUT2D eigenvalue weighted by atomic mass is 9.79. The van der Waals surface area contributed by atoms with Gasteiger partial charge in [0, 0.05) is 33.7 Å². The number of anilines is 2. The average Bonchev–Trinajstić information content (AvgIpc) is 3.53. The Morgan fingerprint density at radius 3 is 2.57 bits per heavy atom. The number of ether oxygens (including phenoxy) is 1. The van der Waals surface area contributed by atoms with Gasteiger partial charge in [-0.25, -0.2) is 8.42 Å². The van der Waals surface area contributed by atoms with Gasteiger partial charge in [0.05, 0.1) is 41.4 Å². The predicted molar refractivity (Wildman–Crippen MR) is 163 cm³/mol. The molecular weight excluding hydrogens is 599 g/mol. The Morgan fingerprint density at radius 1 is 1.14 bits per heavy atom. The fraction of sp³-hybridized carbons (Fsp3) is 0.267. The quantitative estimate of drug-likeness (QED) is 0.354. The summed E-state index contributed by atoms with van der Waals surface area (Å²) in [7, 11) is -2.18. The number of amides is 2. The van der Waals surface area contributed by atoms with Gasteiger partial charge in [0.25, 0.3) is 11.8 Å². The molecule has 1 aliphatic carbocycles. The van der Waals surface area contributed by atoms with Gasteiger partial charge >= 0.3 is 0 Å². The number of halogens is 2. The Hall–Kier alpha value is -3.73. The third-order valence-electron chi connectivity index (χ3n) is 7.71. The summed E-state index contributed by atoms with van der Waals surface area (Å²) < 4.78 is 34.8. The second-order valence-corrected chi connectivity index (χ2v) is 13.5. The van der Waals surface area contributed by atoms with Crippen LogP contribution in [0.25, 0.3) is 5.69 Å². The number of allylic oxidation sites excluding steroid dienone is 2. The summed E-state index contributed by atoms with van der Waals surface area (Å²) in [5, 5.41) is 2.89. The number of alkyl halides is 1. The molecule has 3 heterocycles. The van der Waals surface area contributed by atoms with Crippen molar-refractivity contribution in [3.05, 3.63) is 93.9 Å². The van der Waals surface area contributed by atoms with Crippen LogP contribution in [-0.4, -0.2) is 43.5 Å². The lowest BCUT2D eigenvalue weighted by molar-refractivity contribution is -0.122. The largest absolute Gasteiger partial charge is 0.495 e. The van der Waals surface area contributed by atoms with Crippen LogP contribution in [0, 0.1) is 0 Å². The van der Waals surface area contributed by atoms with Crippen LogP contribution in [0.5, 0.6) is 5.75 Å². The van der Waals surface area contributed by atoms with E-state index >= 15 is 0 Å². The van der Waals surface area contributed by atoms with E-state index in [0.717, 1.165) is 11.9 Å². The minimum Gasteiger partial charge on any atom is -0.495 e. The SMILES string of the molecule is COc1ccccc1-n1cc2c(c1C(C)C)C1(C(=O)NC3=CC(Cl)CC=C31)N(c1cc(Cl)ccc1NS(C)(=O)=O)C2=O. The van der Waals surface area contributed by atoms with Crippen molar-refractivity contribution in [2.45, 2.75) is 37.1 Å². The molecule has 3 aliphatic rings. The van der Waals surface area contributed by atoms with Crippen molar-refractivity contribution in [3.8, 4) is 11.4 Å². The predicted octanol–water partition coefficient (Wildman–Crippen LogP) is 5.44. The number of carbonyl (C=O) groups excluding carboxylic acids is 2. The molecule has 218 valence electrons. The molecule has 0 bridgehead atoms. The Bertz CT molecular complexity index is 1850. The number of hydrogen-bond donors (Lipinski definition) is 2. The van der Waals surface area contributed by atoms with Crippen molar-refractivity contribution < 1.29 is 22.7 Å². The fourth-order valence-corrected chi connectivity index (χ4v) is 7.20. The summed E-state index contributed by atoms with van der Waals surface area (Å²) in [5.74, 6) is -0.492. The van der Waals surface area contributed by atoms with E-state index in [1.807, 2.05) is 48.8 Å². The molecule has 2 aliphatic heterocycles. The second-order valence-electron chi connectivity index (χ2n) is 10.8. The van der Waals surface area contributed by atoms with Gasteiger partial charge in [-0.15, -0.1) is 11.6 Å². The molecule has 1 fully saturated rings. The zero-order valence-corrected chi connectivity index (χ0v) is 25.6. The molecule has 2 aromatic carbocycles. The summed E-state index contributed by atoms with van der Waals surface area (Å²) in [4.78, 5) is 30.5. The topological polar surface area (TPSA) is 110 Å². The smallest absolute Gasteiger partial charge is 0.261 e. The number of benzene rings is 2. The van der Waals surface area contributed by atoms with Gasteiger partial charge in [0.2, 0.25) is 10.0 Å². The lowest BCUT2D eigenvalue weighted by Crippen LogP contribution is -2.51. The Balaban J connectivity index is 1.72. The van der Waals surface area contributed by atoms with Crippen LogP contribution in [0.2, 0.25) is 5.02 Å². The molecule has 1 aromatic heterocycles. The zero-order chi connectivity index (χ0) is 30.1. The molecule has 12 heteroatoms. The molecule has 0 saturated carbocycles. The van der Waals surface area contributed by atoms with E-state index in [2.05, 4.69) is 10.0 Å². The van der Waals surface area contributed by atoms with Gasteiger partial charge in [-0.3, -0.25) is 19.2 Å². The number of carbonyl (C=O) groups is 2. The molecule has 9 nitrogen and oxygen atoms in total. The number of fused-ring (bicyclic) bond motifs is 4. The maximum atomic E-state index is 14.7. The van der Waals surface area contributed by atoms with Gasteiger partial charge in [0.1, 0.15) is 5.75 Å². The highest BCUT2D eigenvalue weighted by molar-refractivity contribution is 7.92. The summed E-state index contributed by atoms with van der Waals surface area (Å²) in [6, 6.07) is 11.9. The Kier molecular flexibility index (Phi) is 6.71. The van der Waals surface area contributed by atoms with Crippen LogP contribution in [-0.2, 0) is 20.4 Å². The van der Waals surface area contributed by atoms with Crippen molar-refractivity contribution >= 4 is 56.4 Å². The van der Waals surface area contributed by atoms with Crippen molar-refractivity contribution in [2.75, 3.05) is 23.0 Å². The molecule has 6 rings (SSSR count). The van der Waals surface area contributed by atoms with E-state index in [1.54, 1.807) is 19.4 Å². The number of hydrogen-bond acceptors (Lipinski definition) is 5. The van der Waals surface area contributed by atoms with Crippen LogP contribution in [0.4, 0.5) is 11.4 Å². The lowest BCUT2D eigenvalue weighted by Gasteiger charge is -2.37. The van der Waals surface area contributed by atoms with E-state index < -0.39 is 27.4 Å². The Morgan fingerprint density at radius 2 is 1.88 bits per heavy atom. The molecule has 1 spiro atoms. The number of para-hydroxylation sites is 2. The summed E-state index contributed by atoms with van der Waals surface area (Å²) in [5.41, 5.74) is 1.94. The molecule has 2 atom stereocenters. The van der Waals surface area contributed by atoms with Crippen LogP contribution in [0.15, 0.2) is 72.1 Å². The molecule has 1 saturated heterocycles. The second kappa shape index (κ2) is 9.93. The van der Waals surface area contributed by atoms with E-state index in [4.69, 9.17) is 27.9 Å². The zero-order valence-electron chi connectivity index (χ0n) is 23.2. The first-order chi connectivity index (χ1) is 19.9. The standard InChI is InChI=1S/C30H28Cl2N4O5S/c1-16(2)27-26-19(15-35(27)23-7-5-6-8-25(23)41-3)28(37)36(24-14-18(32)10-12-21(24)34-42(4,39)40)30(26)20-11-9-17(31)13-22(20)33-29(30)38/h5-8,10-17,34H,9H2,1-4H3,(H,33,38). The van der Waals surface area contributed by atoms with Crippen molar-refractivity contribution in [2.24, 2.45) is 0 Å². The van der Waals surface area contributed by atoms with Gasteiger partial charge in [0.15, 0.2) is 5.54 Å². The molecule has 2 unspecified atom stereocenters. The first-order valence-corrected chi connectivity index (χ1v) is 16.0. The normalized spacial score (nSPS) is 21.3. The van der Waals surface area contributed by atoms with Crippen molar-refractivity contribution in [1.29, 1.82) is 0 Å². The molecule has 2 N–H and O–H groups in total. The van der Waals surface area contributed by atoms with Crippen LogP contribution >= 0.6 is 23.2 Å². The third kappa shape index (κ3) is 4.15. The minimum absolute atomic E-state index is 0.111. The van der Waals surface area contributed by atoms with Gasteiger partial charge < -0.3 is 14.6 Å². The first-order valence-electron chi connectivity index (χ1n) is 13.3.